The lowest BCUT2D eigenvalue weighted by Crippen LogP contribution is -2.22. The van der Waals surface area contributed by atoms with Crippen LogP contribution in [0, 0.1) is 0 Å². The zero-order valence-corrected chi connectivity index (χ0v) is 12.7. The highest BCUT2D eigenvalue weighted by molar-refractivity contribution is 7.98. The number of amides is 1. The van der Waals surface area contributed by atoms with E-state index in [0.29, 0.717) is 6.54 Å². The van der Waals surface area contributed by atoms with Gasteiger partial charge in [0, 0.05) is 22.9 Å². The number of hydrogen-bond acceptors (Lipinski definition) is 4. The zero-order valence-electron chi connectivity index (χ0n) is 11.0. The van der Waals surface area contributed by atoms with Gasteiger partial charge < -0.3 is 11.1 Å². The van der Waals surface area contributed by atoms with Gasteiger partial charge in [0.25, 0.3) is 5.91 Å². The van der Waals surface area contributed by atoms with Crippen molar-refractivity contribution in [1.29, 1.82) is 0 Å². The van der Waals surface area contributed by atoms with Gasteiger partial charge in [-0.2, -0.15) is 11.8 Å². The minimum absolute atomic E-state index is 0.00217. The number of anilines is 1. The van der Waals surface area contributed by atoms with Crippen molar-refractivity contribution in [3.05, 3.63) is 51.2 Å². The highest BCUT2D eigenvalue weighted by Gasteiger charge is 2.17. The fraction of sp³-hybridized carbons (Fsp3) is 0.267. The van der Waals surface area contributed by atoms with E-state index in [2.05, 4.69) is 5.32 Å². The molecule has 0 saturated carbocycles. The third-order valence-corrected chi connectivity index (χ3v) is 5.59. The van der Waals surface area contributed by atoms with Crippen LogP contribution < -0.4 is 11.1 Å². The number of rotatable bonds is 3. The van der Waals surface area contributed by atoms with Gasteiger partial charge in [-0.1, -0.05) is 18.2 Å². The summed E-state index contributed by atoms with van der Waals surface area (Å²) < 4.78 is 0. The summed E-state index contributed by atoms with van der Waals surface area (Å²) in [4.78, 5) is 14.4. The van der Waals surface area contributed by atoms with Crippen molar-refractivity contribution in [2.75, 3.05) is 11.5 Å². The Labute approximate surface area is 126 Å². The molecule has 0 bridgehead atoms. The third-order valence-electron chi connectivity index (χ3n) is 3.35. The van der Waals surface area contributed by atoms with Gasteiger partial charge in [-0.15, -0.1) is 11.3 Å². The number of para-hydroxylation sites is 1. The number of fused-ring (bicyclic) bond motifs is 1. The largest absolute Gasteiger partial charge is 0.398 e. The van der Waals surface area contributed by atoms with Crippen LogP contribution in [0.2, 0.25) is 0 Å². The highest BCUT2D eigenvalue weighted by atomic mass is 32.2. The smallest absolute Gasteiger partial charge is 0.261 e. The molecule has 1 aromatic heterocycles. The van der Waals surface area contributed by atoms with Gasteiger partial charge in [0.05, 0.1) is 4.88 Å². The maximum absolute atomic E-state index is 12.2. The molecular weight excluding hydrogens is 288 g/mol. The minimum Gasteiger partial charge on any atom is -0.398 e. The Morgan fingerprint density at radius 3 is 3.00 bits per heavy atom. The average molecular weight is 304 g/mol. The quantitative estimate of drug-likeness (QED) is 0.857. The van der Waals surface area contributed by atoms with Crippen LogP contribution in [0.15, 0.2) is 30.3 Å². The molecule has 5 heteroatoms. The van der Waals surface area contributed by atoms with Gasteiger partial charge in [0.1, 0.15) is 0 Å². The molecule has 2 heterocycles. The molecule has 1 aromatic carbocycles. The molecule has 0 atom stereocenters. The highest BCUT2D eigenvalue weighted by Crippen LogP contribution is 2.31. The number of aryl methyl sites for hydroxylation is 1. The first kappa shape index (κ1) is 13.5. The molecule has 3 rings (SSSR count). The van der Waals surface area contributed by atoms with Crippen molar-refractivity contribution in [1.82, 2.24) is 5.32 Å². The van der Waals surface area contributed by atoms with Crippen molar-refractivity contribution >= 4 is 34.7 Å². The monoisotopic (exact) mass is 304 g/mol. The summed E-state index contributed by atoms with van der Waals surface area (Å²) in [7, 11) is 0. The van der Waals surface area contributed by atoms with Crippen LogP contribution in [0.1, 0.15) is 25.7 Å². The maximum Gasteiger partial charge on any atom is 0.261 e. The lowest BCUT2D eigenvalue weighted by atomic mass is 10.2. The number of thiophene rings is 1. The van der Waals surface area contributed by atoms with Gasteiger partial charge in [-0.05, 0) is 35.4 Å². The van der Waals surface area contributed by atoms with Crippen LogP contribution in [-0.4, -0.2) is 11.7 Å². The van der Waals surface area contributed by atoms with Crippen LogP contribution >= 0.6 is 23.1 Å². The van der Waals surface area contributed by atoms with E-state index in [4.69, 9.17) is 5.73 Å². The van der Waals surface area contributed by atoms with E-state index in [1.165, 1.54) is 10.4 Å². The standard InChI is InChI=1S/C15H16N2OS2/c16-12-4-2-1-3-10(12)8-17-15(18)14-7-11-9-19-6-5-13(11)20-14/h1-4,7H,5-6,8-9,16H2,(H,17,18). The number of nitrogen functional groups attached to an aromatic ring is 1. The number of nitrogens with one attached hydrogen (secondary N) is 1. The van der Waals surface area contributed by atoms with Crippen LogP contribution in [0.3, 0.4) is 0 Å². The Bertz CT molecular complexity index is 613. The molecule has 1 amide bonds. The normalized spacial score (nSPS) is 13.8. The van der Waals surface area contributed by atoms with Gasteiger partial charge in [-0.3, -0.25) is 4.79 Å². The number of benzene rings is 1. The van der Waals surface area contributed by atoms with E-state index >= 15 is 0 Å². The Morgan fingerprint density at radius 2 is 2.20 bits per heavy atom. The van der Waals surface area contributed by atoms with Gasteiger partial charge in [0.15, 0.2) is 0 Å². The second-order valence-electron chi connectivity index (χ2n) is 4.74. The van der Waals surface area contributed by atoms with Gasteiger partial charge in [0.2, 0.25) is 0 Å². The number of carbonyl (C=O) groups excluding carboxylic acids is 1. The van der Waals surface area contributed by atoms with E-state index in [1.54, 1.807) is 11.3 Å². The van der Waals surface area contributed by atoms with Crippen LogP contribution in [0.4, 0.5) is 5.69 Å². The summed E-state index contributed by atoms with van der Waals surface area (Å²) in [6.07, 6.45) is 1.09. The molecule has 0 spiro atoms. The first-order chi connectivity index (χ1) is 9.74. The second-order valence-corrected chi connectivity index (χ2v) is 6.99. The Hall–Kier alpha value is -1.46. The maximum atomic E-state index is 12.2. The number of thioether (sulfide) groups is 1. The predicted molar refractivity (Wildman–Crippen MR) is 86.2 cm³/mol. The summed E-state index contributed by atoms with van der Waals surface area (Å²) in [6.45, 7) is 0.475. The SMILES string of the molecule is Nc1ccccc1CNC(=O)c1cc2c(s1)CCSC2. The molecule has 20 heavy (non-hydrogen) atoms. The molecule has 0 aliphatic carbocycles. The third kappa shape index (κ3) is 2.83. The first-order valence-electron chi connectivity index (χ1n) is 6.55. The van der Waals surface area contributed by atoms with Crippen molar-refractivity contribution in [2.24, 2.45) is 0 Å². The molecule has 104 valence electrons. The Balaban J connectivity index is 1.67. The average Bonchev–Trinajstić information content (AvgIpc) is 2.90. The summed E-state index contributed by atoms with van der Waals surface area (Å²) >= 11 is 3.56. The molecule has 3 N–H and O–H groups in total. The summed E-state index contributed by atoms with van der Waals surface area (Å²) in [5.74, 6) is 2.19. The zero-order chi connectivity index (χ0) is 13.9. The summed E-state index contributed by atoms with van der Waals surface area (Å²) in [5, 5.41) is 2.95. The number of nitrogens with two attached hydrogens (primary N) is 1. The van der Waals surface area contributed by atoms with Gasteiger partial charge >= 0.3 is 0 Å². The van der Waals surface area contributed by atoms with E-state index in [1.807, 2.05) is 42.1 Å². The molecular formula is C15H16N2OS2. The van der Waals surface area contributed by atoms with Crippen molar-refractivity contribution in [3.8, 4) is 0 Å². The molecule has 2 aromatic rings. The number of carbonyl (C=O) groups is 1. The van der Waals surface area contributed by atoms with E-state index in [0.717, 1.165) is 34.1 Å². The van der Waals surface area contributed by atoms with E-state index < -0.39 is 0 Å². The van der Waals surface area contributed by atoms with Crippen molar-refractivity contribution < 1.29 is 4.79 Å². The van der Waals surface area contributed by atoms with Crippen molar-refractivity contribution in [3.63, 3.8) is 0 Å². The van der Waals surface area contributed by atoms with Crippen LogP contribution in [0.5, 0.6) is 0 Å². The minimum atomic E-state index is -0.00217. The first-order valence-corrected chi connectivity index (χ1v) is 8.52. The van der Waals surface area contributed by atoms with Crippen LogP contribution in [-0.2, 0) is 18.7 Å². The molecule has 0 unspecified atom stereocenters. The molecule has 0 radical (unpaired) electrons. The van der Waals surface area contributed by atoms with E-state index in [9.17, 15) is 4.79 Å². The summed E-state index contributed by atoms with van der Waals surface area (Å²) in [5.41, 5.74) is 8.88. The fourth-order valence-electron chi connectivity index (χ4n) is 2.22. The fourth-order valence-corrected chi connectivity index (χ4v) is 4.51. The lowest BCUT2D eigenvalue weighted by molar-refractivity contribution is 0.0955. The topological polar surface area (TPSA) is 55.1 Å². The Kier molecular flexibility index (Phi) is 3.98. The lowest BCUT2D eigenvalue weighted by Gasteiger charge is -2.08. The van der Waals surface area contributed by atoms with Gasteiger partial charge in [-0.25, -0.2) is 0 Å². The molecule has 0 saturated heterocycles. The second kappa shape index (κ2) is 5.89. The molecule has 1 aliphatic rings. The summed E-state index contributed by atoms with van der Waals surface area (Å²) in [6, 6.07) is 9.65. The molecule has 1 aliphatic heterocycles. The molecule has 3 nitrogen and oxygen atoms in total. The Morgan fingerprint density at radius 1 is 1.35 bits per heavy atom. The van der Waals surface area contributed by atoms with E-state index in [-0.39, 0.29) is 5.91 Å². The van der Waals surface area contributed by atoms with Crippen LogP contribution in [0.25, 0.3) is 0 Å². The number of hydrogen-bond donors (Lipinski definition) is 2. The predicted octanol–water partition coefficient (Wildman–Crippen LogP) is 3.05. The molecule has 0 fully saturated rings. The van der Waals surface area contributed by atoms with Crippen molar-refractivity contribution in [2.45, 2.75) is 18.7 Å².